The van der Waals surface area contributed by atoms with Crippen LogP contribution in [0.1, 0.15) is 33.1 Å². The van der Waals surface area contributed by atoms with Crippen LogP contribution in [-0.2, 0) is 0 Å². The highest BCUT2D eigenvalue weighted by molar-refractivity contribution is 9.47. The van der Waals surface area contributed by atoms with Crippen molar-refractivity contribution in [3.63, 3.8) is 0 Å². The molecule has 0 aromatic rings. The molecular formula is C7H15Br2Mg. The molecule has 1 radical (unpaired) electrons. The van der Waals surface area contributed by atoms with Crippen LogP contribution in [0.4, 0.5) is 0 Å². The van der Waals surface area contributed by atoms with E-state index in [4.69, 9.17) is 0 Å². The van der Waals surface area contributed by atoms with Crippen molar-refractivity contribution in [2.24, 2.45) is 5.92 Å². The fraction of sp³-hybridized carbons (Fsp3) is 0.857. The lowest BCUT2D eigenvalue weighted by molar-refractivity contribution is 0.521. The Morgan fingerprint density at radius 1 is 1.50 bits per heavy atom. The maximum atomic E-state index is 3.77. The Hall–Kier alpha value is 1.73. The first-order valence-electron chi connectivity index (χ1n) is 3.64. The van der Waals surface area contributed by atoms with Crippen molar-refractivity contribution in [3.05, 3.63) is 6.92 Å². The first kappa shape index (κ1) is 14.3. The summed E-state index contributed by atoms with van der Waals surface area (Å²) in [5.41, 5.74) is 0. The topological polar surface area (TPSA) is 0 Å². The molecule has 10 heavy (non-hydrogen) atoms. The lowest BCUT2D eigenvalue weighted by atomic mass is 10.0. The van der Waals surface area contributed by atoms with Gasteiger partial charge < -0.3 is 0 Å². The Morgan fingerprint density at radius 3 is 2.00 bits per heavy atom. The monoisotopic (exact) mass is 281 g/mol. The largest absolute Gasteiger partial charge is 0.560 e. The molecular weight excluding hydrogens is 268 g/mol. The molecule has 0 aromatic heterocycles. The summed E-state index contributed by atoms with van der Waals surface area (Å²) < 4.78 is 0. The van der Waals surface area contributed by atoms with Crippen LogP contribution < -0.4 is 0 Å². The van der Waals surface area contributed by atoms with Crippen LogP contribution in [-0.4, -0.2) is 16.0 Å². The Morgan fingerprint density at radius 2 is 1.90 bits per heavy atom. The van der Waals surface area contributed by atoms with Crippen molar-refractivity contribution < 1.29 is 0 Å². The summed E-state index contributed by atoms with van der Waals surface area (Å²) in [7, 11) is 0. The molecule has 0 spiro atoms. The van der Waals surface area contributed by atoms with E-state index in [2.05, 4.69) is 46.5 Å². The van der Waals surface area contributed by atoms with Gasteiger partial charge in [0.05, 0.1) is 0 Å². The van der Waals surface area contributed by atoms with Crippen LogP contribution >= 0.6 is 25.8 Å². The molecule has 0 amide bonds. The summed E-state index contributed by atoms with van der Waals surface area (Å²) in [5.74, 6) is 0.887. The maximum Gasteiger partial charge on any atom is 0.560 e. The fourth-order valence-corrected chi connectivity index (χ4v) is 0.553. The van der Waals surface area contributed by atoms with E-state index in [1.165, 1.54) is 12.8 Å². The Labute approximate surface area is 87.0 Å². The second-order valence-corrected chi connectivity index (χ2v) is 10.3. The molecule has 0 bridgehead atoms. The van der Waals surface area contributed by atoms with Crippen molar-refractivity contribution in [1.82, 2.24) is 0 Å². The van der Waals surface area contributed by atoms with E-state index < -0.39 is 0 Å². The molecule has 0 rings (SSSR count). The van der Waals surface area contributed by atoms with Gasteiger partial charge in [0.15, 0.2) is 0 Å². The van der Waals surface area contributed by atoms with E-state index >= 15 is 0 Å². The van der Waals surface area contributed by atoms with Crippen molar-refractivity contribution in [2.45, 2.75) is 33.1 Å². The normalized spacial score (nSPS) is 10.9. The Bertz CT molecular complexity index is 50.9. The van der Waals surface area contributed by atoms with Crippen LogP contribution in [0.5, 0.6) is 0 Å². The number of hydrogen-bond donors (Lipinski definition) is 0. The third-order valence-electron chi connectivity index (χ3n) is 1.39. The molecule has 1 atom stereocenters. The minimum Gasteiger partial charge on any atom is -0.280 e. The Balaban J connectivity index is 0. The standard InChI is InChI=1S/C7H15.2BrH.Mg/c1-4-6-7(3)5-2;;;/h7H,1,4-6H2,2-3H3;2*1H;/q;;;+2/p-2. The van der Waals surface area contributed by atoms with E-state index in [0.717, 1.165) is 12.3 Å². The number of halogens is 2. The third kappa shape index (κ3) is 16.4. The van der Waals surface area contributed by atoms with Gasteiger partial charge in [0.2, 0.25) is 0 Å². The second kappa shape index (κ2) is 13.3. The van der Waals surface area contributed by atoms with E-state index in [1.807, 2.05) is 0 Å². The predicted molar refractivity (Wildman–Crippen MR) is 57.7 cm³/mol. The van der Waals surface area contributed by atoms with Crippen LogP contribution in [0.3, 0.4) is 0 Å². The van der Waals surface area contributed by atoms with Crippen LogP contribution in [0.15, 0.2) is 0 Å². The molecule has 0 aliphatic rings. The van der Waals surface area contributed by atoms with Gasteiger partial charge in [-0.25, -0.2) is 0 Å². The summed E-state index contributed by atoms with van der Waals surface area (Å²) >= 11 is 6.44. The van der Waals surface area contributed by atoms with Crippen molar-refractivity contribution >= 4 is 41.8 Å². The third-order valence-corrected chi connectivity index (χ3v) is 1.39. The van der Waals surface area contributed by atoms with E-state index in [-0.39, 0.29) is 16.0 Å². The van der Waals surface area contributed by atoms with Gasteiger partial charge in [0.25, 0.3) is 0 Å². The van der Waals surface area contributed by atoms with E-state index in [9.17, 15) is 0 Å². The highest BCUT2D eigenvalue weighted by Crippen LogP contribution is 2.07. The van der Waals surface area contributed by atoms with Crippen LogP contribution in [0.2, 0.25) is 0 Å². The van der Waals surface area contributed by atoms with Gasteiger partial charge in [-0.05, 0) is 5.92 Å². The summed E-state index contributed by atoms with van der Waals surface area (Å²) in [6.45, 7) is 8.27. The molecule has 0 saturated heterocycles. The van der Waals surface area contributed by atoms with Gasteiger partial charge >= 0.3 is 16.0 Å². The maximum absolute atomic E-state index is 3.77. The molecule has 0 heterocycles. The van der Waals surface area contributed by atoms with Gasteiger partial charge in [-0.15, -0.1) is 0 Å². The van der Waals surface area contributed by atoms with Gasteiger partial charge in [0, 0.05) is 0 Å². The lowest BCUT2D eigenvalue weighted by Crippen LogP contribution is -1.88. The SMILES string of the molecule is [Br][Mg][Br].[CH2]CCC(C)CC. The molecule has 3 heteroatoms. The molecule has 59 valence electrons. The summed E-state index contributed by atoms with van der Waals surface area (Å²) in [5, 5.41) is 0. The van der Waals surface area contributed by atoms with Crippen molar-refractivity contribution in [3.8, 4) is 0 Å². The number of rotatable bonds is 3. The minimum absolute atomic E-state index is 0.0417. The molecule has 0 saturated carbocycles. The van der Waals surface area contributed by atoms with Gasteiger partial charge in [-0.3, -0.25) is 25.8 Å². The zero-order valence-corrected chi connectivity index (χ0v) is 11.5. The van der Waals surface area contributed by atoms with Crippen LogP contribution in [0, 0.1) is 12.8 Å². The van der Waals surface area contributed by atoms with Gasteiger partial charge in [0.1, 0.15) is 0 Å². The van der Waals surface area contributed by atoms with Crippen molar-refractivity contribution in [1.29, 1.82) is 0 Å². The smallest absolute Gasteiger partial charge is 0.280 e. The zero-order valence-electron chi connectivity index (χ0n) is 6.87. The van der Waals surface area contributed by atoms with Crippen LogP contribution in [0.25, 0.3) is 0 Å². The molecule has 0 N–H and O–H groups in total. The average Bonchev–Trinajstić information content (AvgIpc) is 1.90. The first-order chi connectivity index (χ1) is 4.72. The summed E-state index contributed by atoms with van der Waals surface area (Å²) in [6.07, 6.45) is 3.68. The van der Waals surface area contributed by atoms with E-state index in [1.54, 1.807) is 0 Å². The molecule has 1 unspecified atom stereocenters. The van der Waals surface area contributed by atoms with E-state index in [0.29, 0.717) is 0 Å². The lowest BCUT2D eigenvalue weighted by Gasteiger charge is -2.02. The fourth-order valence-electron chi connectivity index (χ4n) is 0.553. The highest BCUT2D eigenvalue weighted by Gasteiger charge is 1.92. The summed E-state index contributed by atoms with van der Waals surface area (Å²) in [6, 6.07) is 0. The van der Waals surface area contributed by atoms with Crippen molar-refractivity contribution in [2.75, 3.05) is 0 Å². The molecule has 0 aromatic carbocycles. The molecule has 0 aliphatic heterocycles. The minimum atomic E-state index is 0.0417. The molecule has 0 aliphatic carbocycles. The molecule has 0 fully saturated rings. The van der Waals surface area contributed by atoms with Gasteiger partial charge in [-0.2, -0.15) is 0 Å². The number of hydrogen-bond acceptors (Lipinski definition) is 0. The first-order valence-corrected chi connectivity index (χ1v) is 11.4. The molecule has 0 nitrogen and oxygen atoms in total. The highest BCUT2D eigenvalue weighted by atomic mass is 79.9. The Kier molecular flexibility index (Phi) is 19.0. The van der Waals surface area contributed by atoms with Gasteiger partial charge in [-0.1, -0.05) is 40.0 Å². The predicted octanol–water partition coefficient (Wildman–Crippen LogP) is 3.96. The quantitative estimate of drug-likeness (QED) is 0.688. The summed E-state index contributed by atoms with van der Waals surface area (Å²) in [4.78, 5) is 0. The average molecular weight is 283 g/mol. The zero-order chi connectivity index (χ0) is 8.41. The second-order valence-electron chi connectivity index (χ2n) is 2.26.